The van der Waals surface area contributed by atoms with Crippen molar-refractivity contribution in [2.75, 3.05) is 31.6 Å². The molecule has 1 aliphatic rings. The third kappa shape index (κ3) is 5.81. The number of nitrogens with zero attached hydrogens (tertiary/aromatic N) is 3. The summed E-state index contributed by atoms with van der Waals surface area (Å²) in [5.41, 5.74) is 1.19. The number of hydrogen-bond donors (Lipinski definition) is 3. The largest absolute Gasteiger partial charge is 0.394 e. The molecule has 8 nitrogen and oxygen atoms in total. The molecule has 1 aromatic heterocycles. The number of aliphatic hydroxyl groups excluding tert-OH is 1. The number of rotatable bonds is 9. The van der Waals surface area contributed by atoms with Crippen molar-refractivity contribution in [3.8, 4) is 0 Å². The van der Waals surface area contributed by atoms with Crippen LogP contribution in [0.2, 0.25) is 5.02 Å². The van der Waals surface area contributed by atoms with E-state index in [0.717, 1.165) is 12.1 Å². The summed E-state index contributed by atoms with van der Waals surface area (Å²) in [7, 11) is 1.75. The van der Waals surface area contributed by atoms with E-state index >= 15 is 0 Å². The molecule has 2 aromatic rings. The molecular formula is C21H27ClFN5O3. The number of anilines is 1. The van der Waals surface area contributed by atoms with Crippen LogP contribution in [0.1, 0.15) is 29.4 Å². The lowest BCUT2D eigenvalue weighted by atomic mass is 9.90. The lowest BCUT2D eigenvalue weighted by molar-refractivity contribution is 0.0600. The van der Waals surface area contributed by atoms with Crippen LogP contribution in [-0.4, -0.2) is 63.9 Å². The molecule has 168 valence electrons. The number of hydrogen-bond acceptors (Lipinski definition) is 5. The monoisotopic (exact) mass is 451 g/mol. The zero-order chi connectivity index (χ0) is 22.5. The number of Topliss-reactive ketones (excluding diaryl/α,β-unsaturated/α-hetero) is 1. The molecule has 2 heterocycles. The van der Waals surface area contributed by atoms with Crippen LogP contribution in [0.15, 0.2) is 24.3 Å². The number of likely N-dealkylation sites (tertiary alicyclic amines) is 1. The van der Waals surface area contributed by atoms with E-state index in [9.17, 15) is 19.1 Å². The van der Waals surface area contributed by atoms with E-state index in [1.54, 1.807) is 17.8 Å². The summed E-state index contributed by atoms with van der Waals surface area (Å²) in [5.74, 6) is -0.322. The molecule has 0 unspecified atom stereocenters. The number of carbonyl (C=O) groups excluding carboxylic acids is 2. The van der Waals surface area contributed by atoms with Crippen molar-refractivity contribution in [1.29, 1.82) is 0 Å². The molecule has 0 spiro atoms. The van der Waals surface area contributed by atoms with E-state index in [2.05, 4.69) is 20.6 Å². The molecule has 2 amide bonds. The predicted molar refractivity (Wildman–Crippen MR) is 116 cm³/mol. The van der Waals surface area contributed by atoms with Crippen LogP contribution in [0.4, 0.5) is 15.0 Å². The first-order chi connectivity index (χ1) is 14.8. The van der Waals surface area contributed by atoms with E-state index in [1.165, 1.54) is 18.2 Å². The van der Waals surface area contributed by atoms with E-state index in [0.29, 0.717) is 37.4 Å². The summed E-state index contributed by atoms with van der Waals surface area (Å²) in [6, 6.07) is 5.07. The summed E-state index contributed by atoms with van der Waals surface area (Å²) in [6.45, 7) is 3.52. The molecule has 1 aromatic carbocycles. The summed E-state index contributed by atoms with van der Waals surface area (Å²) in [4.78, 5) is 26.7. The maximum Gasteiger partial charge on any atom is 0.320 e. The molecule has 31 heavy (non-hydrogen) atoms. The highest BCUT2D eigenvalue weighted by atomic mass is 35.5. The number of halogens is 2. The standard InChI is InChI=1S/C21H27ClFN5O3/c1-3-15-9-19(27(2)26-15)25-21(31)24-16(12-29)6-7-28-10-14(11-28)20(30)13-4-5-17(22)18(23)8-13/h4-5,8-9,14,16,29H,3,6-7,10-12H2,1-2H3,(H2,24,25,31)/t16-/m0/s1. The molecule has 10 heteroatoms. The van der Waals surface area contributed by atoms with Crippen molar-refractivity contribution in [3.63, 3.8) is 0 Å². The first kappa shape index (κ1) is 23.2. The maximum atomic E-state index is 13.6. The molecule has 1 aliphatic heterocycles. The van der Waals surface area contributed by atoms with Gasteiger partial charge >= 0.3 is 6.03 Å². The fraction of sp³-hybridized carbons (Fsp3) is 0.476. The lowest BCUT2D eigenvalue weighted by Crippen LogP contribution is -2.52. The molecule has 0 saturated carbocycles. The van der Waals surface area contributed by atoms with Crippen LogP contribution in [0, 0.1) is 11.7 Å². The highest BCUT2D eigenvalue weighted by Gasteiger charge is 2.33. The van der Waals surface area contributed by atoms with Crippen molar-refractivity contribution in [2.24, 2.45) is 13.0 Å². The second kappa shape index (κ2) is 10.2. The van der Waals surface area contributed by atoms with Gasteiger partial charge in [0.15, 0.2) is 5.78 Å². The SMILES string of the molecule is CCc1cc(NC(=O)N[C@H](CO)CCN2CC(C(=O)c3ccc(Cl)c(F)c3)C2)n(C)n1. The molecule has 3 rings (SSSR count). The fourth-order valence-corrected chi connectivity index (χ4v) is 3.62. The first-order valence-electron chi connectivity index (χ1n) is 10.2. The molecule has 0 radical (unpaired) electrons. The topological polar surface area (TPSA) is 99.5 Å². The number of amides is 2. The number of ketones is 1. The summed E-state index contributed by atoms with van der Waals surface area (Å²) in [5, 5.41) is 19.4. The van der Waals surface area contributed by atoms with Crippen molar-refractivity contribution < 1.29 is 19.1 Å². The third-order valence-corrected chi connectivity index (χ3v) is 5.72. The van der Waals surface area contributed by atoms with E-state index in [-0.39, 0.29) is 23.3 Å². The van der Waals surface area contributed by atoms with Gasteiger partial charge in [0, 0.05) is 44.2 Å². The Bertz CT molecular complexity index is 945. The molecule has 0 bridgehead atoms. The van der Waals surface area contributed by atoms with Gasteiger partial charge in [0.25, 0.3) is 0 Å². The van der Waals surface area contributed by atoms with Gasteiger partial charge < -0.3 is 15.3 Å². The van der Waals surface area contributed by atoms with Crippen molar-refractivity contribution in [1.82, 2.24) is 20.0 Å². The fourth-order valence-electron chi connectivity index (χ4n) is 3.51. The minimum absolute atomic E-state index is 0.00688. The summed E-state index contributed by atoms with van der Waals surface area (Å²) >= 11 is 5.66. The van der Waals surface area contributed by atoms with E-state index in [4.69, 9.17) is 11.6 Å². The molecule has 0 aliphatic carbocycles. The van der Waals surface area contributed by atoms with Crippen LogP contribution in [0.5, 0.6) is 0 Å². The minimum Gasteiger partial charge on any atom is -0.394 e. The average molecular weight is 452 g/mol. The highest BCUT2D eigenvalue weighted by Crippen LogP contribution is 2.23. The highest BCUT2D eigenvalue weighted by molar-refractivity contribution is 6.30. The zero-order valence-corrected chi connectivity index (χ0v) is 18.3. The smallest absolute Gasteiger partial charge is 0.320 e. The number of aromatic nitrogens is 2. The zero-order valence-electron chi connectivity index (χ0n) is 17.6. The minimum atomic E-state index is -0.601. The van der Waals surface area contributed by atoms with Crippen molar-refractivity contribution in [3.05, 3.63) is 46.4 Å². The number of aliphatic hydroxyl groups is 1. The lowest BCUT2D eigenvalue weighted by Gasteiger charge is -2.39. The van der Waals surface area contributed by atoms with Gasteiger partial charge in [-0.3, -0.25) is 14.8 Å². The van der Waals surface area contributed by atoms with Gasteiger partial charge in [0.05, 0.1) is 23.4 Å². The van der Waals surface area contributed by atoms with Gasteiger partial charge in [-0.25, -0.2) is 9.18 Å². The van der Waals surface area contributed by atoms with Crippen LogP contribution >= 0.6 is 11.6 Å². The number of aryl methyl sites for hydroxylation is 2. The second-order valence-corrected chi connectivity index (χ2v) is 8.12. The molecule has 1 saturated heterocycles. The van der Waals surface area contributed by atoms with Crippen LogP contribution in [-0.2, 0) is 13.5 Å². The van der Waals surface area contributed by atoms with Crippen LogP contribution < -0.4 is 10.6 Å². The molecule has 1 fully saturated rings. The summed E-state index contributed by atoms with van der Waals surface area (Å²) < 4.78 is 15.2. The number of benzene rings is 1. The van der Waals surface area contributed by atoms with Gasteiger partial charge in [-0.1, -0.05) is 18.5 Å². The molecular weight excluding hydrogens is 425 g/mol. The summed E-state index contributed by atoms with van der Waals surface area (Å²) in [6.07, 6.45) is 1.30. The normalized spacial score (nSPS) is 15.4. The van der Waals surface area contributed by atoms with Crippen LogP contribution in [0.25, 0.3) is 0 Å². The number of nitrogens with one attached hydrogen (secondary N) is 2. The van der Waals surface area contributed by atoms with Crippen molar-refractivity contribution in [2.45, 2.75) is 25.8 Å². The van der Waals surface area contributed by atoms with Crippen molar-refractivity contribution >= 4 is 29.2 Å². The first-order valence-corrected chi connectivity index (χ1v) is 10.6. The second-order valence-electron chi connectivity index (χ2n) is 7.71. The third-order valence-electron chi connectivity index (χ3n) is 5.42. The van der Waals surface area contributed by atoms with Gasteiger partial charge in [-0.05, 0) is 31.0 Å². The van der Waals surface area contributed by atoms with Gasteiger partial charge in [0.1, 0.15) is 11.6 Å². The Morgan fingerprint density at radius 1 is 1.35 bits per heavy atom. The van der Waals surface area contributed by atoms with Crippen LogP contribution in [0.3, 0.4) is 0 Å². The van der Waals surface area contributed by atoms with Gasteiger partial charge in [-0.15, -0.1) is 0 Å². The Labute approximate surface area is 185 Å². The Morgan fingerprint density at radius 2 is 2.10 bits per heavy atom. The Kier molecular flexibility index (Phi) is 7.64. The van der Waals surface area contributed by atoms with E-state index in [1.807, 2.05) is 6.92 Å². The van der Waals surface area contributed by atoms with Gasteiger partial charge in [0.2, 0.25) is 0 Å². The quantitative estimate of drug-likeness (QED) is 0.508. The van der Waals surface area contributed by atoms with Gasteiger partial charge in [-0.2, -0.15) is 5.10 Å². The Hall–Kier alpha value is -2.49. The Morgan fingerprint density at radius 3 is 2.71 bits per heavy atom. The molecule has 1 atom stereocenters. The Balaban J connectivity index is 1.42. The number of carbonyl (C=O) groups is 2. The molecule has 3 N–H and O–H groups in total. The van der Waals surface area contributed by atoms with E-state index < -0.39 is 17.9 Å². The maximum absolute atomic E-state index is 13.6. The average Bonchev–Trinajstić information content (AvgIpc) is 3.07. The number of urea groups is 1. The predicted octanol–water partition coefficient (Wildman–Crippen LogP) is 2.46.